The minimum atomic E-state index is -0.240. The maximum atomic E-state index is 6.43. The zero-order valence-electron chi connectivity index (χ0n) is 15.3. The molecule has 4 rings (SSSR count). The fourth-order valence-electron chi connectivity index (χ4n) is 3.17. The molecule has 1 aliphatic heterocycles. The Labute approximate surface area is 163 Å². The molecule has 0 bridgehead atoms. The van der Waals surface area contributed by atoms with E-state index in [0.29, 0.717) is 5.19 Å². The number of thiazole rings is 1. The van der Waals surface area contributed by atoms with Crippen LogP contribution in [0.1, 0.15) is 48.9 Å². The van der Waals surface area contributed by atoms with Gasteiger partial charge in [0.2, 0.25) is 0 Å². The molecular formula is C20H24ClN3OS. The third kappa shape index (κ3) is 3.89. The molecule has 4 nitrogen and oxygen atoms in total. The summed E-state index contributed by atoms with van der Waals surface area (Å²) in [5.74, 6) is 0.833. The average molecular weight is 390 g/mol. The second kappa shape index (κ2) is 7.20. The van der Waals surface area contributed by atoms with Crippen molar-refractivity contribution in [1.29, 1.82) is 0 Å². The second-order valence-corrected chi connectivity index (χ2v) is 8.86. The normalized spacial score (nSPS) is 19.1. The Morgan fingerprint density at radius 1 is 1.19 bits per heavy atom. The van der Waals surface area contributed by atoms with Crippen LogP contribution in [0.2, 0.25) is 0 Å². The van der Waals surface area contributed by atoms with E-state index in [1.807, 2.05) is 24.7 Å². The van der Waals surface area contributed by atoms with Gasteiger partial charge in [-0.25, -0.2) is 9.98 Å². The molecule has 0 N–H and O–H groups in total. The summed E-state index contributed by atoms with van der Waals surface area (Å²) in [5.41, 5.74) is 4.10. The van der Waals surface area contributed by atoms with Gasteiger partial charge in [-0.2, -0.15) is 0 Å². The van der Waals surface area contributed by atoms with Gasteiger partial charge in [-0.05, 0) is 69.2 Å². The van der Waals surface area contributed by atoms with Crippen LogP contribution in [-0.4, -0.2) is 29.3 Å². The maximum Gasteiger partial charge on any atom is 0.278 e. The summed E-state index contributed by atoms with van der Waals surface area (Å²) in [6.45, 7) is 6.34. The van der Waals surface area contributed by atoms with Crippen molar-refractivity contribution >= 4 is 35.0 Å². The molecule has 0 radical (unpaired) electrons. The molecule has 138 valence electrons. The van der Waals surface area contributed by atoms with Gasteiger partial charge in [0.1, 0.15) is 5.75 Å². The summed E-state index contributed by atoms with van der Waals surface area (Å²) in [7, 11) is 0. The van der Waals surface area contributed by atoms with E-state index in [4.69, 9.17) is 21.3 Å². The van der Waals surface area contributed by atoms with E-state index in [2.05, 4.69) is 22.9 Å². The second-order valence-electron chi connectivity index (χ2n) is 7.31. The topological polar surface area (TPSA) is 37.7 Å². The molecule has 1 saturated heterocycles. The van der Waals surface area contributed by atoms with Crippen molar-refractivity contribution in [2.45, 2.75) is 50.8 Å². The predicted molar refractivity (Wildman–Crippen MR) is 108 cm³/mol. The fraction of sp³-hybridized carbons (Fsp3) is 0.500. The zero-order valence-corrected chi connectivity index (χ0v) is 16.9. The van der Waals surface area contributed by atoms with Crippen LogP contribution < -0.4 is 4.74 Å². The molecule has 1 saturated carbocycles. The minimum absolute atomic E-state index is 0.240. The van der Waals surface area contributed by atoms with Gasteiger partial charge < -0.3 is 9.64 Å². The lowest BCUT2D eigenvalue weighted by Gasteiger charge is -2.23. The van der Waals surface area contributed by atoms with Crippen LogP contribution in [0.3, 0.4) is 0 Å². The Bertz CT molecular complexity index is 822. The first-order valence-electron chi connectivity index (χ1n) is 9.26. The Morgan fingerprint density at radius 3 is 2.69 bits per heavy atom. The van der Waals surface area contributed by atoms with Gasteiger partial charge in [0.15, 0.2) is 0 Å². The van der Waals surface area contributed by atoms with Crippen LogP contribution in [-0.2, 0) is 4.87 Å². The largest absolute Gasteiger partial charge is 0.431 e. The molecule has 0 amide bonds. The van der Waals surface area contributed by atoms with E-state index < -0.39 is 0 Å². The van der Waals surface area contributed by atoms with Gasteiger partial charge in [0.05, 0.1) is 22.6 Å². The number of hydrogen-bond acceptors (Lipinski definition) is 4. The molecule has 1 aromatic heterocycles. The first-order chi connectivity index (χ1) is 12.5. The Morgan fingerprint density at radius 2 is 1.96 bits per heavy atom. The monoisotopic (exact) mass is 389 g/mol. The lowest BCUT2D eigenvalue weighted by Crippen LogP contribution is -2.28. The number of halogens is 1. The van der Waals surface area contributed by atoms with Crippen molar-refractivity contribution in [1.82, 2.24) is 9.88 Å². The van der Waals surface area contributed by atoms with E-state index in [-0.39, 0.29) is 4.87 Å². The van der Waals surface area contributed by atoms with Crippen molar-refractivity contribution in [2.24, 2.45) is 4.99 Å². The Balaban J connectivity index is 1.48. The highest BCUT2D eigenvalue weighted by Gasteiger charge is 2.44. The fourth-order valence-corrected chi connectivity index (χ4v) is 4.21. The smallest absolute Gasteiger partial charge is 0.278 e. The summed E-state index contributed by atoms with van der Waals surface area (Å²) in [5, 5.41) is 2.66. The van der Waals surface area contributed by atoms with Gasteiger partial charge in [0, 0.05) is 18.5 Å². The number of aryl methyl sites for hydroxylation is 2. The van der Waals surface area contributed by atoms with Crippen LogP contribution in [0.5, 0.6) is 10.9 Å². The number of aromatic nitrogens is 1. The highest BCUT2D eigenvalue weighted by Crippen LogP contribution is 2.52. The number of rotatable bonds is 5. The summed E-state index contributed by atoms with van der Waals surface area (Å²) in [4.78, 5) is 11.3. The number of benzene rings is 1. The quantitative estimate of drug-likeness (QED) is 0.361. The van der Waals surface area contributed by atoms with Crippen LogP contribution in [0.15, 0.2) is 22.5 Å². The van der Waals surface area contributed by atoms with E-state index in [0.717, 1.165) is 54.2 Å². The van der Waals surface area contributed by atoms with Gasteiger partial charge in [-0.15, -0.1) is 11.6 Å². The van der Waals surface area contributed by atoms with Crippen LogP contribution in [0.25, 0.3) is 0 Å². The van der Waals surface area contributed by atoms with Crippen molar-refractivity contribution in [3.63, 3.8) is 0 Å². The third-order valence-electron chi connectivity index (χ3n) is 5.07. The van der Waals surface area contributed by atoms with Crippen LogP contribution in [0, 0.1) is 13.8 Å². The number of aliphatic imine (C=N–C) groups is 1. The summed E-state index contributed by atoms with van der Waals surface area (Å²) in [6, 6.07) is 4.14. The first-order valence-corrected chi connectivity index (χ1v) is 10.5. The van der Waals surface area contributed by atoms with Crippen molar-refractivity contribution < 1.29 is 4.74 Å². The molecule has 2 heterocycles. The number of alkyl halides is 1. The molecule has 26 heavy (non-hydrogen) atoms. The minimum Gasteiger partial charge on any atom is -0.431 e. The molecule has 2 aromatic rings. The standard InChI is InChI=1S/C20H24ClN3OS/c1-14-11-17(25-19-23-18(12-26-19)20(21)6-7-20)15(2)10-16(14)22-13-24-8-4-3-5-9-24/h10-13H,3-9H2,1-2H3. The Hall–Kier alpha value is -1.59. The highest BCUT2D eigenvalue weighted by atomic mass is 35.5. The molecule has 1 aromatic carbocycles. The lowest BCUT2D eigenvalue weighted by atomic mass is 10.1. The summed E-state index contributed by atoms with van der Waals surface area (Å²) in [6.07, 6.45) is 7.84. The van der Waals surface area contributed by atoms with Gasteiger partial charge >= 0.3 is 0 Å². The SMILES string of the molecule is Cc1cc(Oc2nc(C3(Cl)CC3)cs2)c(C)cc1N=CN1CCCCC1. The van der Waals surface area contributed by atoms with Crippen LogP contribution >= 0.6 is 22.9 Å². The van der Waals surface area contributed by atoms with E-state index >= 15 is 0 Å². The molecule has 0 atom stereocenters. The number of nitrogens with zero attached hydrogens (tertiary/aromatic N) is 3. The van der Waals surface area contributed by atoms with Gasteiger partial charge in [0.25, 0.3) is 5.19 Å². The number of hydrogen-bond donors (Lipinski definition) is 0. The van der Waals surface area contributed by atoms with Crippen molar-refractivity contribution in [3.8, 4) is 10.9 Å². The molecular weight excluding hydrogens is 366 g/mol. The summed E-state index contributed by atoms with van der Waals surface area (Å²) < 4.78 is 6.03. The van der Waals surface area contributed by atoms with Crippen molar-refractivity contribution in [2.75, 3.05) is 13.1 Å². The maximum absolute atomic E-state index is 6.43. The molecule has 2 fully saturated rings. The zero-order chi connectivity index (χ0) is 18.1. The average Bonchev–Trinajstić information content (AvgIpc) is 3.21. The number of likely N-dealkylation sites (tertiary alicyclic amines) is 1. The molecule has 0 unspecified atom stereocenters. The van der Waals surface area contributed by atoms with E-state index in [9.17, 15) is 0 Å². The summed E-state index contributed by atoms with van der Waals surface area (Å²) >= 11 is 7.94. The van der Waals surface area contributed by atoms with E-state index in [1.54, 1.807) is 0 Å². The van der Waals surface area contributed by atoms with Gasteiger partial charge in [-0.1, -0.05) is 11.3 Å². The third-order valence-corrected chi connectivity index (χ3v) is 6.36. The molecule has 6 heteroatoms. The Kier molecular flexibility index (Phi) is 4.93. The number of piperidine rings is 1. The van der Waals surface area contributed by atoms with Gasteiger partial charge in [-0.3, -0.25) is 0 Å². The van der Waals surface area contributed by atoms with Crippen LogP contribution in [0.4, 0.5) is 5.69 Å². The van der Waals surface area contributed by atoms with E-state index in [1.165, 1.54) is 30.6 Å². The predicted octanol–water partition coefficient (Wildman–Crippen LogP) is 5.93. The number of ether oxygens (including phenoxy) is 1. The first kappa shape index (κ1) is 17.8. The van der Waals surface area contributed by atoms with Crippen molar-refractivity contribution in [3.05, 3.63) is 34.3 Å². The molecule has 2 aliphatic rings. The molecule has 1 aliphatic carbocycles. The lowest BCUT2D eigenvalue weighted by molar-refractivity contribution is 0.351. The molecule has 0 spiro atoms. The highest BCUT2D eigenvalue weighted by molar-refractivity contribution is 7.11.